The highest BCUT2D eigenvalue weighted by Crippen LogP contribution is 2.22. The Morgan fingerprint density at radius 1 is 1.36 bits per heavy atom. The van der Waals surface area contributed by atoms with Crippen LogP contribution in [0.4, 0.5) is 5.13 Å². The van der Waals surface area contributed by atoms with Gasteiger partial charge in [-0.05, 0) is 26.2 Å². The van der Waals surface area contributed by atoms with Crippen molar-refractivity contribution in [3.05, 3.63) is 5.01 Å². The van der Waals surface area contributed by atoms with Gasteiger partial charge >= 0.3 is 0 Å². The zero-order chi connectivity index (χ0) is 9.97. The zero-order valence-electron chi connectivity index (χ0n) is 8.31. The number of aliphatic hydroxyl groups is 1. The molecule has 1 fully saturated rings. The van der Waals surface area contributed by atoms with Crippen LogP contribution in [0.25, 0.3) is 0 Å². The Morgan fingerprint density at radius 2 is 2.21 bits per heavy atom. The van der Waals surface area contributed by atoms with E-state index in [1.54, 1.807) is 11.3 Å². The van der Waals surface area contributed by atoms with Gasteiger partial charge in [0.2, 0.25) is 5.13 Å². The van der Waals surface area contributed by atoms with E-state index in [2.05, 4.69) is 15.1 Å². The summed E-state index contributed by atoms with van der Waals surface area (Å²) in [4.78, 5) is 2.22. The second-order valence-electron chi connectivity index (χ2n) is 3.68. The predicted molar refractivity (Wildman–Crippen MR) is 56.7 cm³/mol. The third-order valence-corrected chi connectivity index (χ3v) is 3.38. The van der Waals surface area contributed by atoms with Crippen LogP contribution >= 0.6 is 11.3 Å². The summed E-state index contributed by atoms with van der Waals surface area (Å²) >= 11 is 1.63. The monoisotopic (exact) mass is 213 g/mol. The molecule has 78 valence electrons. The van der Waals surface area contributed by atoms with Gasteiger partial charge in [-0.15, -0.1) is 10.2 Å². The molecule has 1 aliphatic rings. The highest BCUT2D eigenvalue weighted by atomic mass is 32.1. The summed E-state index contributed by atoms with van der Waals surface area (Å²) in [5, 5.41) is 19.6. The Hall–Kier alpha value is -0.680. The average molecular weight is 213 g/mol. The Morgan fingerprint density at radius 3 is 2.93 bits per heavy atom. The summed E-state index contributed by atoms with van der Waals surface area (Å²) in [5.41, 5.74) is 0. The molecule has 1 unspecified atom stereocenters. The van der Waals surface area contributed by atoms with E-state index in [0.29, 0.717) is 0 Å². The normalized spacial score (nSPS) is 23.6. The van der Waals surface area contributed by atoms with Crippen molar-refractivity contribution < 1.29 is 5.11 Å². The fourth-order valence-electron chi connectivity index (χ4n) is 1.68. The van der Waals surface area contributed by atoms with E-state index >= 15 is 0 Å². The van der Waals surface area contributed by atoms with Crippen LogP contribution in [-0.2, 0) is 0 Å². The summed E-state index contributed by atoms with van der Waals surface area (Å²) in [6, 6.07) is 0. The minimum Gasteiger partial charge on any atom is -0.393 e. The molecule has 1 aliphatic heterocycles. The zero-order valence-corrected chi connectivity index (χ0v) is 9.13. The molecule has 4 nitrogen and oxygen atoms in total. The molecule has 5 heteroatoms. The van der Waals surface area contributed by atoms with Crippen molar-refractivity contribution in [3.63, 3.8) is 0 Å². The first-order valence-electron chi connectivity index (χ1n) is 4.99. The lowest BCUT2D eigenvalue weighted by atomic mass is 10.2. The molecule has 0 bridgehead atoms. The topological polar surface area (TPSA) is 49.2 Å². The largest absolute Gasteiger partial charge is 0.393 e. The highest BCUT2D eigenvalue weighted by molar-refractivity contribution is 7.15. The predicted octanol–water partition coefficient (Wildman–Crippen LogP) is 1.20. The van der Waals surface area contributed by atoms with Crippen molar-refractivity contribution in [3.8, 4) is 0 Å². The SMILES string of the molecule is Cc1nnc(N2CCCC(O)CC2)s1. The van der Waals surface area contributed by atoms with E-state index in [1.165, 1.54) is 0 Å². The molecule has 1 atom stereocenters. The molecule has 0 radical (unpaired) electrons. The molecule has 1 aromatic heterocycles. The second-order valence-corrected chi connectivity index (χ2v) is 4.84. The van der Waals surface area contributed by atoms with Gasteiger partial charge in [0.05, 0.1) is 6.10 Å². The summed E-state index contributed by atoms with van der Waals surface area (Å²) in [6.45, 7) is 3.86. The lowest BCUT2D eigenvalue weighted by Gasteiger charge is -2.17. The number of aliphatic hydroxyl groups excluding tert-OH is 1. The van der Waals surface area contributed by atoms with Crippen LogP contribution < -0.4 is 4.90 Å². The smallest absolute Gasteiger partial charge is 0.208 e. The number of anilines is 1. The fraction of sp³-hybridized carbons (Fsp3) is 0.778. The number of hydrogen-bond acceptors (Lipinski definition) is 5. The minimum atomic E-state index is -0.131. The molecule has 2 heterocycles. The van der Waals surface area contributed by atoms with Crippen molar-refractivity contribution in [1.29, 1.82) is 0 Å². The first-order chi connectivity index (χ1) is 6.75. The van der Waals surface area contributed by atoms with E-state index in [9.17, 15) is 5.11 Å². The maximum atomic E-state index is 9.50. The number of hydrogen-bond donors (Lipinski definition) is 1. The third-order valence-electron chi connectivity index (χ3n) is 2.48. The third kappa shape index (κ3) is 2.22. The lowest BCUT2D eigenvalue weighted by Crippen LogP contribution is -2.24. The molecule has 14 heavy (non-hydrogen) atoms. The van der Waals surface area contributed by atoms with E-state index in [4.69, 9.17) is 0 Å². The summed E-state index contributed by atoms with van der Waals surface area (Å²) in [5.74, 6) is 0. The fourth-order valence-corrected chi connectivity index (χ4v) is 2.42. The van der Waals surface area contributed by atoms with Gasteiger partial charge in [0.1, 0.15) is 5.01 Å². The Labute approximate surface area is 87.6 Å². The van der Waals surface area contributed by atoms with Gasteiger partial charge in [-0.2, -0.15) is 0 Å². The molecule has 0 saturated carbocycles. The first-order valence-corrected chi connectivity index (χ1v) is 5.80. The van der Waals surface area contributed by atoms with E-state index in [0.717, 1.165) is 42.5 Å². The van der Waals surface area contributed by atoms with Gasteiger partial charge in [-0.25, -0.2) is 0 Å². The van der Waals surface area contributed by atoms with E-state index < -0.39 is 0 Å². The van der Waals surface area contributed by atoms with Gasteiger partial charge in [-0.1, -0.05) is 11.3 Å². The van der Waals surface area contributed by atoms with Crippen LogP contribution in [0, 0.1) is 6.92 Å². The molecule has 1 aromatic rings. The van der Waals surface area contributed by atoms with Crippen LogP contribution in [0.15, 0.2) is 0 Å². The van der Waals surface area contributed by atoms with E-state index in [-0.39, 0.29) is 6.10 Å². The molecule has 0 amide bonds. The Balaban J connectivity index is 2.04. The van der Waals surface area contributed by atoms with Gasteiger partial charge in [-0.3, -0.25) is 0 Å². The highest BCUT2D eigenvalue weighted by Gasteiger charge is 2.17. The number of aryl methyl sites for hydroxylation is 1. The van der Waals surface area contributed by atoms with Gasteiger partial charge in [0, 0.05) is 13.1 Å². The van der Waals surface area contributed by atoms with E-state index in [1.807, 2.05) is 6.92 Å². The maximum Gasteiger partial charge on any atom is 0.208 e. The average Bonchev–Trinajstić information content (AvgIpc) is 2.46. The van der Waals surface area contributed by atoms with Crippen molar-refractivity contribution in [2.45, 2.75) is 32.3 Å². The standard InChI is InChI=1S/C9H15N3OS/c1-7-10-11-9(14-7)12-5-2-3-8(13)4-6-12/h8,13H,2-6H2,1H3. The van der Waals surface area contributed by atoms with Crippen molar-refractivity contribution in [2.75, 3.05) is 18.0 Å². The lowest BCUT2D eigenvalue weighted by molar-refractivity contribution is 0.161. The number of aromatic nitrogens is 2. The van der Waals surface area contributed by atoms with Crippen molar-refractivity contribution >= 4 is 16.5 Å². The van der Waals surface area contributed by atoms with Crippen LogP contribution in [0.3, 0.4) is 0 Å². The summed E-state index contributed by atoms with van der Waals surface area (Å²) < 4.78 is 0. The number of rotatable bonds is 1. The second kappa shape index (κ2) is 4.23. The quantitative estimate of drug-likeness (QED) is 0.761. The van der Waals surface area contributed by atoms with Crippen molar-refractivity contribution in [2.24, 2.45) is 0 Å². The molecule has 0 spiro atoms. The minimum absolute atomic E-state index is 0.131. The van der Waals surface area contributed by atoms with Gasteiger partial charge in [0.15, 0.2) is 0 Å². The number of nitrogens with zero attached hydrogens (tertiary/aromatic N) is 3. The van der Waals surface area contributed by atoms with Gasteiger partial charge < -0.3 is 10.0 Å². The van der Waals surface area contributed by atoms with Crippen LogP contribution in [0.2, 0.25) is 0 Å². The Kier molecular flexibility index (Phi) is 2.98. The molecule has 1 saturated heterocycles. The van der Waals surface area contributed by atoms with Crippen LogP contribution in [0.5, 0.6) is 0 Å². The molecular weight excluding hydrogens is 198 g/mol. The molecule has 0 aromatic carbocycles. The maximum absolute atomic E-state index is 9.50. The Bertz CT molecular complexity index is 302. The molecular formula is C9H15N3OS. The molecule has 2 rings (SSSR count). The molecule has 1 N–H and O–H groups in total. The van der Waals surface area contributed by atoms with Crippen LogP contribution in [-0.4, -0.2) is 34.5 Å². The molecule has 0 aliphatic carbocycles. The van der Waals surface area contributed by atoms with Gasteiger partial charge in [0.25, 0.3) is 0 Å². The van der Waals surface area contributed by atoms with Crippen molar-refractivity contribution in [1.82, 2.24) is 10.2 Å². The summed E-state index contributed by atoms with van der Waals surface area (Å²) in [6.07, 6.45) is 2.67. The first kappa shape index (κ1) is 9.86. The van der Waals surface area contributed by atoms with Crippen LogP contribution in [0.1, 0.15) is 24.3 Å². The summed E-state index contributed by atoms with van der Waals surface area (Å²) in [7, 11) is 0.